The predicted octanol–water partition coefficient (Wildman–Crippen LogP) is 3.75. The molecule has 0 N–H and O–H groups in total. The molecule has 1 aliphatic rings. The highest BCUT2D eigenvalue weighted by Gasteiger charge is 2.41. The molecule has 6 heteroatoms. The summed E-state index contributed by atoms with van der Waals surface area (Å²) in [5, 5.41) is 10.6. The second kappa shape index (κ2) is 7.44. The first-order valence-electron chi connectivity index (χ1n) is 8.15. The van der Waals surface area contributed by atoms with Gasteiger partial charge >= 0.3 is 5.97 Å². The van der Waals surface area contributed by atoms with Crippen LogP contribution >= 0.6 is 0 Å². The van der Waals surface area contributed by atoms with E-state index in [1.54, 1.807) is 0 Å². The lowest BCUT2D eigenvalue weighted by Gasteiger charge is -2.41. The van der Waals surface area contributed by atoms with E-state index in [2.05, 4.69) is 0 Å². The molecule has 3 atom stereocenters. The zero-order valence-electron chi connectivity index (χ0n) is 13.8. The molecule has 1 saturated carbocycles. The summed E-state index contributed by atoms with van der Waals surface area (Å²) in [5.41, 5.74) is 1.37. The molecule has 1 fully saturated rings. The average molecular weight is 341 g/mol. The number of carbonyl (C=O) groups excluding carboxylic acids is 1. The minimum atomic E-state index is -0.502. The SMILES string of the molecule is CC1C(OCc2ccccc2)CC1OC(=O)c1ccc([N+](=O)[O-])cc1. The number of nitro groups is 1. The number of esters is 1. The van der Waals surface area contributed by atoms with Crippen molar-refractivity contribution in [2.24, 2.45) is 5.92 Å². The van der Waals surface area contributed by atoms with Crippen LogP contribution in [0.2, 0.25) is 0 Å². The van der Waals surface area contributed by atoms with Crippen molar-refractivity contribution in [2.75, 3.05) is 0 Å². The number of carbonyl (C=O) groups is 1. The predicted molar refractivity (Wildman–Crippen MR) is 91.1 cm³/mol. The van der Waals surface area contributed by atoms with Gasteiger partial charge < -0.3 is 9.47 Å². The van der Waals surface area contributed by atoms with E-state index in [9.17, 15) is 14.9 Å². The van der Waals surface area contributed by atoms with Gasteiger partial charge in [0.2, 0.25) is 0 Å². The van der Waals surface area contributed by atoms with Crippen LogP contribution in [0.4, 0.5) is 5.69 Å². The highest BCUT2D eigenvalue weighted by molar-refractivity contribution is 5.89. The normalized spacial score (nSPS) is 22.0. The van der Waals surface area contributed by atoms with Crippen molar-refractivity contribution >= 4 is 11.7 Å². The molecule has 130 valence electrons. The van der Waals surface area contributed by atoms with Crippen molar-refractivity contribution in [3.63, 3.8) is 0 Å². The Morgan fingerprint density at radius 1 is 1.12 bits per heavy atom. The fourth-order valence-corrected chi connectivity index (χ4v) is 2.78. The number of non-ortho nitro benzene ring substituents is 1. The van der Waals surface area contributed by atoms with E-state index < -0.39 is 10.9 Å². The minimum Gasteiger partial charge on any atom is -0.458 e. The topological polar surface area (TPSA) is 78.7 Å². The van der Waals surface area contributed by atoms with Crippen molar-refractivity contribution < 1.29 is 19.2 Å². The third kappa shape index (κ3) is 4.03. The van der Waals surface area contributed by atoms with Crippen molar-refractivity contribution in [3.05, 3.63) is 75.8 Å². The summed E-state index contributed by atoms with van der Waals surface area (Å²) >= 11 is 0. The minimum absolute atomic E-state index is 0.0528. The number of nitro benzene ring substituents is 1. The molecule has 0 radical (unpaired) electrons. The molecule has 6 nitrogen and oxygen atoms in total. The highest BCUT2D eigenvalue weighted by atomic mass is 16.6. The molecule has 3 unspecified atom stereocenters. The summed E-state index contributed by atoms with van der Waals surface area (Å²) in [5.74, 6) is -0.348. The molecule has 0 saturated heterocycles. The van der Waals surface area contributed by atoms with Crippen LogP contribution < -0.4 is 0 Å². The van der Waals surface area contributed by atoms with E-state index in [4.69, 9.17) is 9.47 Å². The largest absolute Gasteiger partial charge is 0.458 e. The van der Waals surface area contributed by atoms with Gasteiger partial charge in [-0.3, -0.25) is 10.1 Å². The second-order valence-electron chi connectivity index (χ2n) is 6.18. The first kappa shape index (κ1) is 17.1. The highest BCUT2D eigenvalue weighted by Crippen LogP contribution is 2.34. The summed E-state index contributed by atoms with van der Waals surface area (Å²) in [7, 11) is 0. The first-order valence-corrected chi connectivity index (χ1v) is 8.15. The maximum absolute atomic E-state index is 12.1. The Bertz CT molecular complexity index is 744. The van der Waals surface area contributed by atoms with Gasteiger partial charge in [-0.1, -0.05) is 37.3 Å². The Balaban J connectivity index is 1.48. The Morgan fingerprint density at radius 2 is 1.80 bits per heavy atom. The summed E-state index contributed by atoms with van der Waals surface area (Å²) < 4.78 is 11.3. The lowest BCUT2D eigenvalue weighted by Crippen LogP contribution is -2.47. The van der Waals surface area contributed by atoms with Gasteiger partial charge in [-0.05, 0) is 17.7 Å². The van der Waals surface area contributed by atoms with Gasteiger partial charge in [0.1, 0.15) is 6.10 Å². The molecule has 0 heterocycles. The maximum Gasteiger partial charge on any atom is 0.338 e. The lowest BCUT2D eigenvalue weighted by molar-refractivity contribution is -0.384. The summed E-state index contributed by atoms with van der Waals surface area (Å²) in [6.45, 7) is 2.53. The molecule has 0 aromatic heterocycles. The van der Waals surface area contributed by atoms with Gasteiger partial charge in [-0.25, -0.2) is 4.79 Å². The number of rotatable bonds is 6. The Morgan fingerprint density at radius 3 is 2.40 bits per heavy atom. The number of hydrogen-bond acceptors (Lipinski definition) is 5. The Labute approximate surface area is 145 Å². The fraction of sp³-hybridized carbons (Fsp3) is 0.316. The quantitative estimate of drug-likeness (QED) is 0.454. The smallest absolute Gasteiger partial charge is 0.338 e. The molecule has 25 heavy (non-hydrogen) atoms. The third-order valence-corrected chi connectivity index (χ3v) is 4.52. The zero-order chi connectivity index (χ0) is 17.8. The molecule has 0 bridgehead atoms. The van der Waals surface area contributed by atoms with Crippen LogP contribution in [-0.2, 0) is 16.1 Å². The van der Waals surface area contributed by atoms with Crippen LogP contribution in [-0.4, -0.2) is 23.1 Å². The van der Waals surface area contributed by atoms with Crippen molar-refractivity contribution in [3.8, 4) is 0 Å². The van der Waals surface area contributed by atoms with Crippen LogP contribution in [0, 0.1) is 16.0 Å². The van der Waals surface area contributed by atoms with Gasteiger partial charge in [0.25, 0.3) is 5.69 Å². The molecule has 0 aliphatic heterocycles. The van der Waals surface area contributed by atoms with Crippen molar-refractivity contribution in [1.29, 1.82) is 0 Å². The Hall–Kier alpha value is -2.73. The molecule has 0 spiro atoms. The van der Waals surface area contributed by atoms with Crippen LogP contribution in [0.1, 0.15) is 29.3 Å². The fourth-order valence-electron chi connectivity index (χ4n) is 2.78. The summed E-state index contributed by atoms with van der Waals surface area (Å²) in [6, 6.07) is 15.3. The zero-order valence-corrected chi connectivity index (χ0v) is 13.8. The van der Waals surface area contributed by atoms with Crippen LogP contribution in [0.15, 0.2) is 54.6 Å². The van der Waals surface area contributed by atoms with Crippen LogP contribution in [0.3, 0.4) is 0 Å². The van der Waals surface area contributed by atoms with E-state index in [1.807, 2.05) is 37.3 Å². The van der Waals surface area contributed by atoms with Gasteiger partial charge in [0.05, 0.1) is 23.2 Å². The number of nitrogens with zero attached hydrogens (tertiary/aromatic N) is 1. The average Bonchev–Trinajstić information content (AvgIpc) is 2.64. The van der Waals surface area contributed by atoms with Crippen LogP contribution in [0.5, 0.6) is 0 Å². The molecule has 3 rings (SSSR count). The van der Waals surface area contributed by atoms with E-state index in [1.165, 1.54) is 24.3 Å². The van der Waals surface area contributed by atoms with E-state index in [0.717, 1.165) is 5.56 Å². The lowest BCUT2D eigenvalue weighted by atomic mass is 9.80. The van der Waals surface area contributed by atoms with Gasteiger partial charge in [-0.15, -0.1) is 0 Å². The summed E-state index contributed by atoms with van der Waals surface area (Å²) in [4.78, 5) is 22.3. The standard InChI is InChI=1S/C19H19NO5/c1-13-17(24-12-14-5-3-2-4-6-14)11-18(13)25-19(21)15-7-9-16(10-8-15)20(22)23/h2-10,13,17-18H,11-12H2,1H3. The van der Waals surface area contributed by atoms with Gasteiger partial charge in [0.15, 0.2) is 0 Å². The number of hydrogen-bond donors (Lipinski definition) is 0. The molecule has 2 aromatic rings. The number of ether oxygens (including phenoxy) is 2. The molecule has 2 aromatic carbocycles. The van der Waals surface area contributed by atoms with E-state index in [0.29, 0.717) is 18.6 Å². The Kier molecular flexibility index (Phi) is 5.09. The molecule has 1 aliphatic carbocycles. The van der Waals surface area contributed by atoms with E-state index in [-0.39, 0.29) is 23.8 Å². The molecule has 0 amide bonds. The van der Waals surface area contributed by atoms with Crippen molar-refractivity contribution in [1.82, 2.24) is 0 Å². The van der Waals surface area contributed by atoms with E-state index >= 15 is 0 Å². The molecular weight excluding hydrogens is 322 g/mol. The maximum atomic E-state index is 12.1. The van der Waals surface area contributed by atoms with Gasteiger partial charge in [0, 0.05) is 24.5 Å². The van der Waals surface area contributed by atoms with Crippen molar-refractivity contribution in [2.45, 2.75) is 32.2 Å². The summed E-state index contributed by atoms with van der Waals surface area (Å²) in [6.07, 6.45) is 0.533. The number of benzene rings is 2. The first-order chi connectivity index (χ1) is 12.0. The van der Waals surface area contributed by atoms with Crippen LogP contribution in [0.25, 0.3) is 0 Å². The third-order valence-electron chi connectivity index (χ3n) is 4.52. The van der Waals surface area contributed by atoms with Gasteiger partial charge in [-0.2, -0.15) is 0 Å². The second-order valence-corrected chi connectivity index (χ2v) is 6.18. The molecular formula is C19H19NO5. The monoisotopic (exact) mass is 341 g/mol.